The SMILES string of the molecule is C=CCn1c(C(=O)OCC)csc1=N. The highest BCUT2D eigenvalue weighted by Gasteiger charge is 2.12. The van der Waals surface area contributed by atoms with Gasteiger partial charge in [-0.15, -0.1) is 17.9 Å². The van der Waals surface area contributed by atoms with Crippen molar-refractivity contribution < 1.29 is 9.53 Å². The van der Waals surface area contributed by atoms with E-state index in [1.807, 2.05) is 0 Å². The highest BCUT2D eigenvalue weighted by molar-refractivity contribution is 7.07. The number of hydrogen-bond acceptors (Lipinski definition) is 4. The zero-order valence-corrected chi connectivity index (χ0v) is 8.76. The molecule has 1 heterocycles. The first-order valence-electron chi connectivity index (χ1n) is 4.21. The first kappa shape index (κ1) is 10.7. The maximum atomic E-state index is 11.4. The second-order valence-electron chi connectivity index (χ2n) is 2.55. The standard InChI is InChI=1S/C9H12N2O2S/c1-3-5-11-7(6-14-9(11)10)8(12)13-4-2/h3,6,10H,1,4-5H2,2H3. The molecule has 0 spiro atoms. The Morgan fingerprint density at radius 1 is 1.86 bits per heavy atom. The van der Waals surface area contributed by atoms with Crippen LogP contribution in [0.2, 0.25) is 0 Å². The van der Waals surface area contributed by atoms with E-state index in [1.54, 1.807) is 22.9 Å². The van der Waals surface area contributed by atoms with Crippen molar-refractivity contribution in [3.05, 3.63) is 28.5 Å². The molecule has 76 valence electrons. The Morgan fingerprint density at radius 3 is 3.14 bits per heavy atom. The zero-order valence-electron chi connectivity index (χ0n) is 7.95. The van der Waals surface area contributed by atoms with Gasteiger partial charge in [0.2, 0.25) is 0 Å². The number of carbonyl (C=O) groups excluding carboxylic acids is 1. The normalized spacial score (nSPS) is 9.79. The first-order valence-corrected chi connectivity index (χ1v) is 5.09. The molecule has 0 aliphatic carbocycles. The van der Waals surface area contributed by atoms with E-state index < -0.39 is 0 Å². The number of thiazole rings is 1. The molecule has 0 saturated carbocycles. The van der Waals surface area contributed by atoms with Gasteiger partial charge in [0.15, 0.2) is 4.80 Å². The maximum absolute atomic E-state index is 11.4. The predicted octanol–water partition coefficient (Wildman–Crippen LogP) is 1.39. The number of allylic oxidation sites excluding steroid dienone is 1. The average molecular weight is 212 g/mol. The molecule has 0 unspecified atom stereocenters. The van der Waals surface area contributed by atoms with Crippen LogP contribution < -0.4 is 4.80 Å². The molecule has 0 atom stereocenters. The summed E-state index contributed by atoms with van der Waals surface area (Å²) in [5.41, 5.74) is 0.418. The molecule has 14 heavy (non-hydrogen) atoms. The summed E-state index contributed by atoms with van der Waals surface area (Å²) >= 11 is 1.21. The lowest BCUT2D eigenvalue weighted by Gasteiger charge is -2.04. The fraction of sp³-hybridized carbons (Fsp3) is 0.333. The summed E-state index contributed by atoms with van der Waals surface area (Å²) in [7, 11) is 0. The van der Waals surface area contributed by atoms with Crippen molar-refractivity contribution in [1.82, 2.24) is 4.57 Å². The summed E-state index contributed by atoms with van der Waals surface area (Å²) in [5.74, 6) is -0.385. The molecule has 0 amide bonds. The van der Waals surface area contributed by atoms with Crippen LogP contribution >= 0.6 is 11.3 Å². The van der Waals surface area contributed by atoms with Crippen LogP contribution in [0, 0.1) is 5.41 Å². The average Bonchev–Trinajstić information content (AvgIpc) is 2.50. The van der Waals surface area contributed by atoms with Gasteiger partial charge in [-0.2, -0.15) is 0 Å². The van der Waals surface area contributed by atoms with Gasteiger partial charge in [-0.3, -0.25) is 5.41 Å². The third kappa shape index (κ3) is 2.11. The van der Waals surface area contributed by atoms with Crippen molar-refractivity contribution in [2.45, 2.75) is 13.5 Å². The Hall–Kier alpha value is -1.36. The van der Waals surface area contributed by atoms with Crippen LogP contribution in [0.1, 0.15) is 17.4 Å². The number of rotatable bonds is 4. The molecule has 0 bridgehead atoms. The molecule has 4 nitrogen and oxygen atoms in total. The van der Waals surface area contributed by atoms with Crippen LogP contribution in [-0.2, 0) is 11.3 Å². The Kier molecular flexibility index (Phi) is 3.64. The van der Waals surface area contributed by atoms with Gasteiger partial charge < -0.3 is 9.30 Å². The van der Waals surface area contributed by atoms with Crippen molar-refractivity contribution >= 4 is 17.3 Å². The molecule has 0 aliphatic rings. The third-order valence-electron chi connectivity index (χ3n) is 1.61. The molecule has 1 aromatic rings. The minimum absolute atomic E-state index is 0.327. The molecule has 0 saturated heterocycles. The number of carbonyl (C=O) groups is 1. The summed E-state index contributed by atoms with van der Waals surface area (Å²) in [6, 6.07) is 0. The van der Waals surface area contributed by atoms with E-state index in [0.29, 0.717) is 23.6 Å². The summed E-state index contributed by atoms with van der Waals surface area (Å²) < 4.78 is 6.42. The van der Waals surface area contributed by atoms with E-state index in [-0.39, 0.29) is 5.97 Å². The fourth-order valence-electron chi connectivity index (χ4n) is 1.02. The van der Waals surface area contributed by atoms with Gasteiger partial charge in [0, 0.05) is 11.9 Å². The third-order valence-corrected chi connectivity index (χ3v) is 2.40. The quantitative estimate of drug-likeness (QED) is 0.605. The fourth-order valence-corrected chi connectivity index (χ4v) is 1.77. The minimum Gasteiger partial charge on any atom is -0.461 e. The van der Waals surface area contributed by atoms with Gasteiger partial charge in [-0.25, -0.2) is 4.79 Å². The van der Waals surface area contributed by atoms with E-state index in [1.165, 1.54) is 11.3 Å². The first-order chi connectivity index (χ1) is 6.70. The number of esters is 1. The summed E-state index contributed by atoms with van der Waals surface area (Å²) in [4.78, 5) is 11.7. The molecule has 5 heteroatoms. The Bertz CT molecular complexity index is 392. The highest BCUT2D eigenvalue weighted by Crippen LogP contribution is 2.04. The Labute approximate surface area is 86.0 Å². The van der Waals surface area contributed by atoms with Gasteiger partial charge in [-0.05, 0) is 6.92 Å². The maximum Gasteiger partial charge on any atom is 0.355 e. The molecule has 1 rings (SSSR count). The summed E-state index contributed by atoms with van der Waals surface area (Å²) in [6.45, 7) is 6.12. The number of nitrogens with zero attached hydrogens (tertiary/aromatic N) is 1. The lowest BCUT2D eigenvalue weighted by Crippen LogP contribution is -2.19. The predicted molar refractivity (Wildman–Crippen MR) is 54.3 cm³/mol. The minimum atomic E-state index is -0.385. The number of ether oxygens (including phenoxy) is 1. The van der Waals surface area contributed by atoms with Crippen LogP contribution in [0.25, 0.3) is 0 Å². The summed E-state index contributed by atoms with van der Waals surface area (Å²) in [6.07, 6.45) is 1.65. The lowest BCUT2D eigenvalue weighted by molar-refractivity contribution is 0.0514. The molecule has 1 aromatic heterocycles. The zero-order chi connectivity index (χ0) is 10.6. The van der Waals surface area contributed by atoms with E-state index in [2.05, 4.69) is 6.58 Å². The van der Waals surface area contributed by atoms with Gasteiger partial charge in [0.1, 0.15) is 5.69 Å². The van der Waals surface area contributed by atoms with Crippen molar-refractivity contribution in [1.29, 1.82) is 5.41 Å². The smallest absolute Gasteiger partial charge is 0.355 e. The number of aromatic nitrogens is 1. The lowest BCUT2D eigenvalue weighted by atomic mass is 10.4. The van der Waals surface area contributed by atoms with Gasteiger partial charge >= 0.3 is 5.97 Å². The molecule has 0 fully saturated rings. The highest BCUT2D eigenvalue weighted by atomic mass is 32.1. The van der Waals surface area contributed by atoms with Crippen LogP contribution in [-0.4, -0.2) is 17.1 Å². The molecule has 1 N–H and O–H groups in total. The topological polar surface area (TPSA) is 55.1 Å². The van der Waals surface area contributed by atoms with E-state index in [9.17, 15) is 4.79 Å². The van der Waals surface area contributed by atoms with Gasteiger partial charge in [-0.1, -0.05) is 6.08 Å². The summed E-state index contributed by atoms with van der Waals surface area (Å²) in [5, 5.41) is 9.18. The molecule has 0 aromatic carbocycles. The van der Waals surface area contributed by atoms with E-state index >= 15 is 0 Å². The molecule has 0 aliphatic heterocycles. The van der Waals surface area contributed by atoms with Crippen molar-refractivity contribution in [2.75, 3.05) is 6.61 Å². The monoisotopic (exact) mass is 212 g/mol. The van der Waals surface area contributed by atoms with Crippen LogP contribution in [0.3, 0.4) is 0 Å². The number of hydrogen-bond donors (Lipinski definition) is 1. The van der Waals surface area contributed by atoms with Crippen LogP contribution in [0.15, 0.2) is 18.0 Å². The van der Waals surface area contributed by atoms with Crippen LogP contribution in [0.4, 0.5) is 0 Å². The second-order valence-corrected chi connectivity index (χ2v) is 3.40. The molecular formula is C9H12N2O2S. The van der Waals surface area contributed by atoms with Crippen molar-refractivity contribution in [3.63, 3.8) is 0 Å². The Morgan fingerprint density at radius 2 is 2.57 bits per heavy atom. The van der Waals surface area contributed by atoms with Crippen molar-refractivity contribution in [3.8, 4) is 0 Å². The molecule has 0 radical (unpaired) electrons. The van der Waals surface area contributed by atoms with E-state index in [0.717, 1.165) is 0 Å². The number of nitrogens with one attached hydrogen (secondary N) is 1. The Balaban J connectivity index is 3.02. The second kappa shape index (κ2) is 4.76. The molecular weight excluding hydrogens is 200 g/mol. The largest absolute Gasteiger partial charge is 0.461 e. The van der Waals surface area contributed by atoms with E-state index in [4.69, 9.17) is 10.1 Å². The van der Waals surface area contributed by atoms with Crippen LogP contribution in [0.5, 0.6) is 0 Å². The van der Waals surface area contributed by atoms with Gasteiger partial charge in [0.25, 0.3) is 0 Å². The van der Waals surface area contributed by atoms with Gasteiger partial charge in [0.05, 0.1) is 6.61 Å². The van der Waals surface area contributed by atoms with Crippen molar-refractivity contribution in [2.24, 2.45) is 0 Å².